The highest BCUT2D eigenvalue weighted by Gasteiger charge is 2.41. The Morgan fingerprint density at radius 1 is 0.958 bits per heavy atom. The van der Waals surface area contributed by atoms with E-state index in [1.165, 1.54) is 0 Å². The lowest BCUT2D eigenvalue weighted by atomic mass is 9.93. The topological polar surface area (TPSA) is 130 Å². The highest BCUT2D eigenvalue weighted by atomic mass is 19.4. The molecular weight excluding hydrogens is 669 g/mol. The van der Waals surface area contributed by atoms with E-state index in [-0.39, 0.29) is 74.1 Å². The van der Waals surface area contributed by atoms with E-state index in [9.17, 15) is 49.4 Å². The van der Waals surface area contributed by atoms with E-state index < -0.39 is 65.5 Å². The van der Waals surface area contributed by atoms with Crippen LogP contribution in [0, 0.1) is 0 Å². The van der Waals surface area contributed by atoms with Crippen molar-refractivity contribution in [3.05, 3.63) is 70.3 Å². The van der Waals surface area contributed by atoms with Gasteiger partial charge < -0.3 is 25.0 Å². The molecule has 0 radical (unpaired) electrons. The van der Waals surface area contributed by atoms with Gasteiger partial charge in [0.15, 0.2) is 5.75 Å². The second kappa shape index (κ2) is 14.4. The number of carbonyl (C=O) groups is 1. The van der Waals surface area contributed by atoms with Gasteiger partial charge in [0.2, 0.25) is 5.95 Å². The number of aliphatic hydroxyl groups excluding tert-OH is 1. The minimum Gasteiger partial charge on any atom is -0.488 e. The highest BCUT2D eigenvalue weighted by molar-refractivity contribution is 5.88. The molecule has 3 aromatic rings. The standard InChI is InChI=1S/C29H28F9N5O5/c1-2-18-13-20(24-21(43(18)26(45)46)3-4-23(42-24)29(36,37)38)41-25-39-14-22(48-8-7-47-6-5-44)19(40-25)11-15-9-16(27(30,31)32)12-17(10-15)28(33,34)35/h3-4,9-10,12,14,18,20,44H,2,5-8,11,13H2,1H3,(H,45,46)(H,39,40,41)/t18-,20+/m1/s1. The van der Waals surface area contributed by atoms with Crippen LogP contribution in [-0.4, -0.2) is 63.7 Å². The van der Waals surface area contributed by atoms with Gasteiger partial charge in [0.25, 0.3) is 0 Å². The molecule has 0 saturated heterocycles. The maximum Gasteiger partial charge on any atom is 0.433 e. The molecule has 10 nitrogen and oxygen atoms in total. The Balaban J connectivity index is 1.76. The summed E-state index contributed by atoms with van der Waals surface area (Å²) in [7, 11) is 0. The van der Waals surface area contributed by atoms with E-state index in [1.807, 2.05) is 0 Å². The molecule has 0 spiro atoms. The van der Waals surface area contributed by atoms with Gasteiger partial charge in [0, 0.05) is 12.5 Å². The Bertz CT molecular complexity index is 1570. The van der Waals surface area contributed by atoms with Crippen molar-refractivity contribution in [2.24, 2.45) is 0 Å². The summed E-state index contributed by atoms with van der Waals surface area (Å²) in [6.45, 7) is 1.09. The second-order valence-corrected chi connectivity index (χ2v) is 10.5. The molecule has 4 rings (SSSR count). The zero-order valence-electron chi connectivity index (χ0n) is 24.9. The maximum atomic E-state index is 13.6. The normalized spacial score (nSPS) is 16.9. The summed E-state index contributed by atoms with van der Waals surface area (Å²) in [6.07, 6.45) is -15.9. The van der Waals surface area contributed by atoms with Crippen molar-refractivity contribution in [2.45, 2.75) is 56.8 Å². The van der Waals surface area contributed by atoms with Crippen molar-refractivity contribution in [3.63, 3.8) is 0 Å². The number of aliphatic hydroxyl groups is 1. The minimum atomic E-state index is -5.12. The quantitative estimate of drug-likeness (QED) is 0.148. The number of hydrogen-bond acceptors (Lipinski definition) is 8. The molecule has 0 bridgehead atoms. The van der Waals surface area contributed by atoms with Gasteiger partial charge >= 0.3 is 24.6 Å². The third-order valence-corrected chi connectivity index (χ3v) is 7.21. The van der Waals surface area contributed by atoms with Gasteiger partial charge in [-0.2, -0.15) is 39.5 Å². The van der Waals surface area contributed by atoms with Crippen LogP contribution >= 0.6 is 0 Å². The number of hydrogen-bond donors (Lipinski definition) is 3. The summed E-state index contributed by atoms with van der Waals surface area (Å²) >= 11 is 0. The molecule has 0 fully saturated rings. The summed E-state index contributed by atoms with van der Waals surface area (Å²) in [6, 6.07) is 0.802. The molecule has 48 heavy (non-hydrogen) atoms. The number of rotatable bonds is 11. The monoisotopic (exact) mass is 697 g/mol. The summed E-state index contributed by atoms with van der Waals surface area (Å²) < 4.78 is 133. The smallest absolute Gasteiger partial charge is 0.433 e. The summed E-state index contributed by atoms with van der Waals surface area (Å²) in [5, 5.41) is 21.5. The fraction of sp³-hybridized carbons (Fsp3) is 0.448. The largest absolute Gasteiger partial charge is 0.488 e. The van der Waals surface area contributed by atoms with E-state index in [1.54, 1.807) is 6.92 Å². The molecule has 1 aromatic carbocycles. The zero-order valence-corrected chi connectivity index (χ0v) is 24.9. The first-order valence-corrected chi connectivity index (χ1v) is 14.2. The first-order valence-electron chi connectivity index (χ1n) is 14.2. The number of alkyl halides is 9. The predicted octanol–water partition coefficient (Wildman–Crippen LogP) is 6.73. The molecule has 2 atom stereocenters. The third kappa shape index (κ3) is 8.74. The minimum absolute atomic E-state index is 0.0281. The van der Waals surface area contributed by atoms with Crippen molar-refractivity contribution in [3.8, 4) is 5.75 Å². The van der Waals surface area contributed by atoms with Gasteiger partial charge in [0.05, 0.1) is 60.3 Å². The number of fused-ring (bicyclic) bond motifs is 1. The van der Waals surface area contributed by atoms with Crippen molar-refractivity contribution in [1.29, 1.82) is 0 Å². The lowest BCUT2D eigenvalue weighted by Crippen LogP contribution is -2.45. The number of halogens is 9. The van der Waals surface area contributed by atoms with Gasteiger partial charge in [-0.15, -0.1) is 0 Å². The van der Waals surface area contributed by atoms with Crippen molar-refractivity contribution >= 4 is 17.7 Å². The van der Waals surface area contributed by atoms with Crippen LogP contribution in [0.3, 0.4) is 0 Å². The van der Waals surface area contributed by atoms with Crippen LogP contribution in [0.2, 0.25) is 0 Å². The number of carboxylic acid groups (broad SMARTS) is 1. The molecule has 19 heteroatoms. The molecule has 3 N–H and O–H groups in total. The number of anilines is 2. The van der Waals surface area contributed by atoms with Crippen LogP contribution in [-0.2, 0) is 29.7 Å². The Labute approximate surface area is 266 Å². The second-order valence-electron chi connectivity index (χ2n) is 10.5. The molecule has 1 aliphatic rings. The van der Waals surface area contributed by atoms with Crippen LogP contribution in [0.1, 0.15) is 59.6 Å². The number of aromatic nitrogens is 3. The Hall–Kier alpha value is -4.39. The first kappa shape index (κ1) is 36.4. The summed E-state index contributed by atoms with van der Waals surface area (Å²) in [5.41, 5.74) is -5.46. The van der Waals surface area contributed by atoms with Crippen LogP contribution in [0.15, 0.2) is 36.5 Å². The number of nitrogens with one attached hydrogen (secondary N) is 1. The highest BCUT2D eigenvalue weighted by Crippen LogP contribution is 2.41. The van der Waals surface area contributed by atoms with Crippen LogP contribution in [0.25, 0.3) is 0 Å². The van der Waals surface area contributed by atoms with Gasteiger partial charge in [-0.25, -0.2) is 19.7 Å². The van der Waals surface area contributed by atoms with Crippen LogP contribution in [0.5, 0.6) is 5.75 Å². The van der Waals surface area contributed by atoms with E-state index in [2.05, 4.69) is 20.3 Å². The first-order chi connectivity index (χ1) is 22.4. The van der Waals surface area contributed by atoms with E-state index in [4.69, 9.17) is 14.6 Å². The molecule has 3 heterocycles. The van der Waals surface area contributed by atoms with Gasteiger partial charge in [-0.3, -0.25) is 4.90 Å². The number of benzene rings is 1. The molecule has 0 unspecified atom stereocenters. The fourth-order valence-corrected chi connectivity index (χ4v) is 5.08. The van der Waals surface area contributed by atoms with Crippen molar-refractivity contribution in [2.75, 3.05) is 36.6 Å². The van der Waals surface area contributed by atoms with Crippen LogP contribution in [0.4, 0.5) is 55.9 Å². The lowest BCUT2D eigenvalue weighted by Gasteiger charge is -2.38. The fourth-order valence-electron chi connectivity index (χ4n) is 5.08. The number of pyridine rings is 1. The predicted molar refractivity (Wildman–Crippen MR) is 149 cm³/mol. The molecular formula is C29H28F9N5O5. The third-order valence-electron chi connectivity index (χ3n) is 7.21. The number of amides is 1. The van der Waals surface area contributed by atoms with E-state index in [0.717, 1.165) is 17.2 Å². The lowest BCUT2D eigenvalue weighted by molar-refractivity contribution is -0.143. The van der Waals surface area contributed by atoms with Crippen molar-refractivity contribution < 1.29 is 64.0 Å². The summed E-state index contributed by atoms with van der Waals surface area (Å²) in [5.74, 6) is -0.449. The summed E-state index contributed by atoms with van der Waals surface area (Å²) in [4.78, 5) is 25.0. The maximum absolute atomic E-state index is 13.6. The van der Waals surface area contributed by atoms with Crippen molar-refractivity contribution in [1.82, 2.24) is 15.0 Å². The average molecular weight is 698 g/mol. The number of nitrogens with zero attached hydrogens (tertiary/aromatic N) is 4. The Kier molecular flexibility index (Phi) is 10.9. The molecule has 0 aliphatic carbocycles. The molecule has 2 aromatic heterocycles. The Morgan fingerprint density at radius 3 is 2.19 bits per heavy atom. The molecule has 1 aliphatic heterocycles. The Morgan fingerprint density at radius 2 is 1.62 bits per heavy atom. The average Bonchev–Trinajstić information content (AvgIpc) is 2.99. The molecule has 0 saturated carbocycles. The number of ether oxygens (including phenoxy) is 2. The zero-order chi connectivity index (χ0) is 35.4. The van der Waals surface area contributed by atoms with Gasteiger partial charge in [-0.05, 0) is 48.7 Å². The van der Waals surface area contributed by atoms with E-state index in [0.29, 0.717) is 18.2 Å². The SMILES string of the molecule is CC[C@@H]1C[C@H](Nc2ncc(OCCOCCO)c(Cc3cc(C(F)(F)F)cc(C(F)(F)F)c3)n2)c2nc(C(F)(F)F)ccc2N1C(=O)O. The van der Waals surface area contributed by atoms with Gasteiger partial charge in [-0.1, -0.05) is 6.92 Å². The van der Waals surface area contributed by atoms with Gasteiger partial charge in [0.1, 0.15) is 12.3 Å². The van der Waals surface area contributed by atoms with E-state index >= 15 is 0 Å². The van der Waals surface area contributed by atoms with Crippen LogP contribution < -0.4 is 15.0 Å². The molecule has 262 valence electrons. The molecule has 1 amide bonds.